The van der Waals surface area contributed by atoms with Crippen molar-refractivity contribution in [2.45, 2.75) is 26.6 Å². The van der Waals surface area contributed by atoms with Gasteiger partial charge in [0.25, 0.3) is 0 Å². The van der Waals surface area contributed by atoms with Crippen molar-refractivity contribution < 1.29 is 4.42 Å². The van der Waals surface area contributed by atoms with E-state index >= 15 is 0 Å². The van der Waals surface area contributed by atoms with Crippen LogP contribution in [0.2, 0.25) is 0 Å². The van der Waals surface area contributed by atoms with E-state index in [4.69, 9.17) is 10.2 Å². The highest BCUT2D eigenvalue weighted by Gasteiger charge is 2.08. The average Bonchev–Trinajstić information content (AvgIpc) is 2.89. The number of nitrogens with two attached hydrogens (primary N) is 1. The summed E-state index contributed by atoms with van der Waals surface area (Å²) < 4.78 is 5.34. The van der Waals surface area contributed by atoms with Crippen LogP contribution < -0.4 is 5.73 Å². The Hall–Kier alpha value is -1.10. The molecular formula is C13H18N2OS. The van der Waals surface area contributed by atoms with Gasteiger partial charge in [-0.2, -0.15) is 0 Å². The average molecular weight is 250 g/mol. The van der Waals surface area contributed by atoms with Gasteiger partial charge in [-0.1, -0.05) is 0 Å². The number of hydrogen-bond donors (Lipinski definition) is 1. The van der Waals surface area contributed by atoms with Gasteiger partial charge in [0.15, 0.2) is 0 Å². The lowest BCUT2D eigenvalue weighted by atomic mass is 10.2. The lowest BCUT2D eigenvalue weighted by Crippen LogP contribution is -2.16. The second-order valence-electron chi connectivity index (χ2n) is 4.25. The SMILES string of the molecule is Cc1sc(CN)cc1CN(C)Cc1ccco1. The molecule has 0 unspecified atom stereocenters. The summed E-state index contributed by atoms with van der Waals surface area (Å²) in [6, 6.07) is 6.13. The summed E-state index contributed by atoms with van der Waals surface area (Å²) in [6.07, 6.45) is 1.71. The number of rotatable bonds is 5. The fraction of sp³-hybridized carbons (Fsp3) is 0.385. The first-order chi connectivity index (χ1) is 8.19. The first-order valence-corrected chi connectivity index (χ1v) is 6.50. The molecule has 0 radical (unpaired) electrons. The molecule has 4 heteroatoms. The van der Waals surface area contributed by atoms with E-state index in [0.29, 0.717) is 6.54 Å². The van der Waals surface area contributed by atoms with Crippen molar-refractivity contribution in [1.82, 2.24) is 4.90 Å². The predicted octanol–water partition coefficient (Wildman–Crippen LogP) is 2.74. The lowest BCUT2D eigenvalue weighted by molar-refractivity contribution is 0.287. The summed E-state index contributed by atoms with van der Waals surface area (Å²) in [4.78, 5) is 4.86. The molecule has 2 heterocycles. The molecule has 2 aromatic rings. The van der Waals surface area contributed by atoms with Crippen LogP contribution in [0, 0.1) is 6.92 Å². The van der Waals surface area contributed by atoms with Crippen LogP contribution in [0.1, 0.15) is 21.1 Å². The number of furan rings is 1. The minimum Gasteiger partial charge on any atom is -0.468 e. The van der Waals surface area contributed by atoms with Crippen LogP contribution in [0.5, 0.6) is 0 Å². The third-order valence-electron chi connectivity index (χ3n) is 2.72. The molecule has 0 saturated heterocycles. The van der Waals surface area contributed by atoms with Crippen molar-refractivity contribution in [3.8, 4) is 0 Å². The first-order valence-electron chi connectivity index (χ1n) is 5.68. The number of thiophene rings is 1. The molecule has 92 valence electrons. The van der Waals surface area contributed by atoms with Crippen LogP contribution in [0.15, 0.2) is 28.9 Å². The summed E-state index contributed by atoms with van der Waals surface area (Å²) in [6.45, 7) is 4.55. The smallest absolute Gasteiger partial charge is 0.117 e. The first kappa shape index (κ1) is 12.4. The summed E-state index contributed by atoms with van der Waals surface area (Å²) >= 11 is 1.79. The van der Waals surface area contributed by atoms with Gasteiger partial charge < -0.3 is 10.2 Å². The third kappa shape index (κ3) is 3.19. The van der Waals surface area contributed by atoms with E-state index in [9.17, 15) is 0 Å². The Kier molecular flexibility index (Phi) is 3.99. The minimum absolute atomic E-state index is 0.632. The van der Waals surface area contributed by atoms with E-state index in [1.165, 1.54) is 15.3 Å². The number of hydrogen-bond acceptors (Lipinski definition) is 4. The van der Waals surface area contributed by atoms with Crippen LogP contribution in [0.4, 0.5) is 0 Å². The molecule has 0 aliphatic heterocycles. The Bertz CT molecular complexity index is 462. The molecule has 0 atom stereocenters. The van der Waals surface area contributed by atoms with Gasteiger partial charge in [0, 0.05) is 22.8 Å². The fourth-order valence-corrected chi connectivity index (χ4v) is 2.79. The maximum atomic E-state index is 5.65. The predicted molar refractivity (Wildman–Crippen MR) is 70.8 cm³/mol. The summed E-state index contributed by atoms with van der Waals surface area (Å²) in [5.41, 5.74) is 7.02. The van der Waals surface area contributed by atoms with Gasteiger partial charge in [0.2, 0.25) is 0 Å². The van der Waals surface area contributed by atoms with E-state index < -0.39 is 0 Å². The normalized spacial score (nSPS) is 11.3. The largest absolute Gasteiger partial charge is 0.468 e. The van der Waals surface area contributed by atoms with E-state index in [-0.39, 0.29) is 0 Å². The van der Waals surface area contributed by atoms with Gasteiger partial charge in [0.1, 0.15) is 5.76 Å². The molecule has 3 nitrogen and oxygen atoms in total. The lowest BCUT2D eigenvalue weighted by Gasteiger charge is -2.14. The van der Waals surface area contributed by atoms with Crippen molar-refractivity contribution >= 4 is 11.3 Å². The molecule has 0 bridgehead atoms. The van der Waals surface area contributed by atoms with Crippen molar-refractivity contribution in [3.05, 3.63) is 45.5 Å². The Balaban J connectivity index is 1.97. The number of aryl methyl sites for hydroxylation is 1. The van der Waals surface area contributed by atoms with Gasteiger partial charge >= 0.3 is 0 Å². The molecule has 0 fully saturated rings. The summed E-state index contributed by atoms with van der Waals surface area (Å²) in [7, 11) is 2.10. The van der Waals surface area contributed by atoms with Crippen LogP contribution in [-0.2, 0) is 19.6 Å². The topological polar surface area (TPSA) is 42.4 Å². The maximum Gasteiger partial charge on any atom is 0.117 e. The molecule has 0 aromatic carbocycles. The fourth-order valence-electron chi connectivity index (χ4n) is 1.86. The van der Waals surface area contributed by atoms with Crippen LogP contribution in [0.25, 0.3) is 0 Å². The Morgan fingerprint density at radius 1 is 1.41 bits per heavy atom. The van der Waals surface area contributed by atoms with Gasteiger partial charge in [-0.25, -0.2) is 0 Å². The zero-order valence-electron chi connectivity index (χ0n) is 10.3. The molecular weight excluding hydrogens is 232 g/mol. The van der Waals surface area contributed by atoms with E-state index in [1.54, 1.807) is 17.6 Å². The van der Waals surface area contributed by atoms with Gasteiger partial charge in [-0.05, 0) is 37.7 Å². The molecule has 0 spiro atoms. The summed E-state index contributed by atoms with van der Waals surface area (Å²) in [5.74, 6) is 0.999. The summed E-state index contributed by atoms with van der Waals surface area (Å²) in [5, 5.41) is 0. The van der Waals surface area contributed by atoms with Crippen molar-refractivity contribution in [3.63, 3.8) is 0 Å². The van der Waals surface area contributed by atoms with Gasteiger partial charge in [-0.3, -0.25) is 4.90 Å². The zero-order valence-corrected chi connectivity index (χ0v) is 11.1. The maximum absolute atomic E-state index is 5.65. The second kappa shape index (κ2) is 5.49. The molecule has 0 aliphatic rings. The Morgan fingerprint density at radius 3 is 2.82 bits per heavy atom. The number of nitrogens with zero attached hydrogens (tertiary/aromatic N) is 1. The molecule has 0 amide bonds. The third-order valence-corrected chi connectivity index (χ3v) is 3.83. The van der Waals surface area contributed by atoms with Gasteiger partial charge in [0.05, 0.1) is 12.8 Å². The van der Waals surface area contributed by atoms with Crippen LogP contribution >= 0.6 is 11.3 Å². The van der Waals surface area contributed by atoms with Crippen molar-refractivity contribution in [2.24, 2.45) is 5.73 Å². The second-order valence-corrected chi connectivity index (χ2v) is 5.59. The highest BCUT2D eigenvalue weighted by molar-refractivity contribution is 7.12. The zero-order chi connectivity index (χ0) is 12.3. The van der Waals surface area contributed by atoms with Crippen LogP contribution in [-0.4, -0.2) is 11.9 Å². The minimum atomic E-state index is 0.632. The van der Waals surface area contributed by atoms with Gasteiger partial charge in [-0.15, -0.1) is 11.3 Å². The Morgan fingerprint density at radius 2 is 2.24 bits per heavy atom. The molecule has 0 aliphatic carbocycles. The molecule has 17 heavy (non-hydrogen) atoms. The highest BCUT2D eigenvalue weighted by atomic mass is 32.1. The van der Waals surface area contributed by atoms with E-state index in [0.717, 1.165) is 18.8 Å². The van der Waals surface area contributed by atoms with Crippen molar-refractivity contribution in [2.75, 3.05) is 7.05 Å². The molecule has 2 rings (SSSR count). The monoisotopic (exact) mass is 250 g/mol. The van der Waals surface area contributed by atoms with Crippen molar-refractivity contribution in [1.29, 1.82) is 0 Å². The standard InChI is InChI=1S/C13H18N2OS/c1-10-11(6-13(7-14)17-10)8-15(2)9-12-4-3-5-16-12/h3-6H,7-9,14H2,1-2H3. The van der Waals surface area contributed by atoms with Crippen LogP contribution in [0.3, 0.4) is 0 Å². The molecule has 2 N–H and O–H groups in total. The molecule has 2 aromatic heterocycles. The quantitative estimate of drug-likeness (QED) is 0.887. The highest BCUT2D eigenvalue weighted by Crippen LogP contribution is 2.22. The van der Waals surface area contributed by atoms with E-state index in [1.807, 2.05) is 12.1 Å². The Labute approximate surface area is 106 Å². The molecule has 0 saturated carbocycles. The van der Waals surface area contributed by atoms with E-state index in [2.05, 4.69) is 24.9 Å².